The molecule has 1 aromatic carbocycles. The van der Waals surface area contributed by atoms with Gasteiger partial charge in [0.05, 0.1) is 11.7 Å². The molecule has 7 heteroatoms. The van der Waals surface area contributed by atoms with Gasteiger partial charge in [-0.3, -0.25) is 4.79 Å². The monoisotopic (exact) mass is 272 g/mol. The van der Waals surface area contributed by atoms with E-state index in [1.165, 1.54) is 0 Å². The van der Waals surface area contributed by atoms with Crippen molar-refractivity contribution >= 4 is 11.6 Å². The predicted octanol–water partition coefficient (Wildman–Crippen LogP) is 0.661. The molecule has 1 atom stereocenters. The van der Waals surface area contributed by atoms with E-state index < -0.39 is 0 Å². The lowest BCUT2D eigenvalue weighted by molar-refractivity contribution is -0.117. The van der Waals surface area contributed by atoms with Gasteiger partial charge in [0.15, 0.2) is 5.82 Å². The quantitative estimate of drug-likeness (QED) is 0.857. The van der Waals surface area contributed by atoms with Gasteiger partial charge in [-0.25, -0.2) is 0 Å². The summed E-state index contributed by atoms with van der Waals surface area (Å²) in [6.07, 6.45) is 1.93. The Labute approximate surface area is 116 Å². The van der Waals surface area contributed by atoms with Crippen LogP contribution >= 0.6 is 0 Å². The molecule has 1 aromatic heterocycles. The molecule has 20 heavy (non-hydrogen) atoms. The van der Waals surface area contributed by atoms with E-state index in [1.54, 1.807) is 4.68 Å². The summed E-state index contributed by atoms with van der Waals surface area (Å²) < 4.78 is 1.63. The van der Waals surface area contributed by atoms with E-state index >= 15 is 0 Å². The number of amides is 1. The number of nitrogens with one attached hydrogen (secondary N) is 2. The molecule has 2 aromatic rings. The Hall–Kier alpha value is -2.28. The highest BCUT2D eigenvalue weighted by Crippen LogP contribution is 2.16. The molecule has 0 unspecified atom stereocenters. The summed E-state index contributed by atoms with van der Waals surface area (Å²) in [5, 5.41) is 17.5. The second-order valence-electron chi connectivity index (χ2n) is 4.83. The van der Waals surface area contributed by atoms with Crippen LogP contribution < -0.4 is 10.6 Å². The van der Waals surface area contributed by atoms with E-state index in [9.17, 15) is 4.79 Å². The summed E-state index contributed by atoms with van der Waals surface area (Å²) >= 11 is 0. The van der Waals surface area contributed by atoms with Crippen molar-refractivity contribution in [3.8, 4) is 5.69 Å². The van der Waals surface area contributed by atoms with Crippen molar-refractivity contribution < 1.29 is 4.79 Å². The maximum Gasteiger partial charge on any atom is 0.241 e. The summed E-state index contributed by atoms with van der Waals surface area (Å²) in [6, 6.07) is 7.39. The van der Waals surface area contributed by atoms with Crippen molar-refractivity contribution in [1.82, 2.24) is 25.5 Å². The summed E-state index contributed by atoms with van der Waals surface area (Å²) in [4.78, 5) is 12.1. The van der Waals surface area contributed by atoms with Gasteiger partial charge in [-0.05, 0) is 54.9 Å². The van der Waals surface area contributed by atoms with Gasteiger partial charge in [-0.1, -0.05) is 6.07 Å². The zero-order valence-electron chi connectivity index (χ0n) is 11.2. The van der Waals surface area contributed by atoms with Gasteiger partial charge in [0.2, 0.25) is 5.91 Å². The third-order valence-corrected chi connectivity index (χ3v) is 3.36. The van der Waals surface area contributed by atoms with E-state index in [0.29, 0.717) is 5.82 Å². The number of benzene rings is 1. The van der Waals surface area contributed by atoms with E-state index in [-0.39, 0.29) is 11.9 Å². The Kier molecular flexibility index (Phi) is 3.42. The Morgan fingerprint density at radius 1 is 1.50 bits per heavy atom. The number of anilines is 1. The molecule has 104 valence electrons. The number of carbonyl (C=O) groups excluding carboxylic acids is 1. The predicted molar refractivity (Wildman–Crippen MR) is 73.5 cm³/mol. The minimum Gasteiger partial charge on any atom is -0.325 e. The Morgan fingerprint density at radius 2 is 2.40 bits per heavy atom. The molecule has 7 nitrogen and oxygen atoms in total. The molecule has 0 radical (unpaired) electrons. The van der Waals surface area contributed by atoms with Gasteiger partial charge < -0.3 is 10.6 Å². The molecule has 0 bridgehead atoms. The van der Waals surface area contributed by atoms with Gasteiger partial charge in [-0.15, -0.1) is 5.10 Å². The van der Waals surface area contributed by atoms with E-state index in [4.69, 9.17) is 0 Å². The Balaban J connectivity index is 1.78. The van der Waals surface area contributed by atoms with Crippen LogP contribution in [0.25, 0.3) is 5.69 Å². The number of hydrogen-bond donors (Lipinski definition) is 2. The van der Waals surface area contributed by atoms with Crippen LogP contribution in [0.4, 0.5) is 5.69 Å². The van der Waals surface area contributed by atoms with Gasteiger partial charge in [-0.2, -0.15) is 4.68 Å². The van der Waals surface area contributed by atoms with Gasteiger partial charge in [0, 0.05) is 5.69 Å². The number of aromatic nitrogens is 4. The largest absolute Gasteiger partial charge is 0.325 e. The van der Waals surface area contributed by atoms with Crippen LogP contribution in [0.3, 0.4) is 0 Å². The SMILES string of the molecule is Cc1nnnn1-c1cccc(NC(=O)[C@H]2CCCN2)c1. The zero-order valence-corrected chi connectivity index (χ0v) is 11.2. The summed E-state index contributed by atoms with van der Waals surface area (Å²) in [5.41, 5.74) is 1.57. The number of nitrogens with zero attached hydrogens (tertiary/aromatic N) is 4. The molecule has 0 spiro atoms. The van der Waals surface area contributed by atoms with Gasteiger partial charge >= 0.3 is 0 Å². The number of carbonyl (C=O) groups is 1. The fourth-order valence-corrected chi connectivity index (χ4v) is 2.32. The lowest BCUT2D eigenvalue weighted by Crippen LogP contribution is -2.35. The zero-order chi connectivity index (χ0) is 13.9. The summed E-state index contributed by atoms with van der Waals surface area (Å²) in [6.45, 7) is 2.73. The van der Waals surface area contributed by atoms with Crippen LogP contribution in [0.1, 0.15) is 18.7 Å². The Bertz CT molecular complexity index is 617. The summed E-state index contributed by atoms with van der Waals surface area (Å²) in [7, 11) is 0. The van der Waals surface area contributed by atoms with Crippen molar-refractivity contribution in [2.75, 3.05) is 11.9 Å². The molecule has 1 saturated heterocycles. The van der Waals surface area contributed by atoms with E-state index in [1.807, 2.05) is 31.2 Å². The fourth-order valence-electron chi connectivity index (χ4n) is 2.32. The topological polar surface area (TPSA) is 84.7 Å². The molecule has 0 aliphatic carbocycles. The molecule has 2 N–H and O–H groups in total. The second kappa shape index (κ2) is 5.38. The highest BCUT2D eigenvalue weighted by Gasteiger charge is 2.21. The number of hydrogen-bond acceptors (Lipinski definition) is 5. The van der Waals surface area contributed by atoms with Crippen LogP contribution in [-0.2, 0) is 4.79 Å². The van der Waals surface area contributed by atoms with Crippen molar-refractivity contribution in [2.24, 2.45) is 0 Å². The summed E-state index contributed by atoms with van der Waals surface area (Å²) in [5.74, 6) is 0.707. The van der Waals surface area contributed by atoms with E-state index in [2.05, 4.69) is 26.2 Å². The number of tetrazole rings is 1. The molecule has 0 saturated carbocycles. The third kappa shape index (κ3) is 2.53. The van der Waals surface area contributed by atoms with Gasteiger partial charge in [0.25, 0.3) is 0 Å². The highest BCUT2D eigenvalue weighted by atomic mass is 16.2. The van der Waals surface area contributed by atoms with Crippen LogP contribution in [0.15, 0.2) is 24.3 Å². The standard InChI is InChI=1S/C13H16N6O/c1-9-16-17-18-19(9)11-5-2-4-10(8-11)15-13(20)12-6-3-7-14-12/h2,4-5,8,12,14H,3,6-7H2,1H3,(H,15,20)/t12-/m1/s1. The van der Waals surface area contributed by atoms with Crippen molar-refractivity contribution in [2.45, 2.75) is 25.8 Å². The van der Waals surface area contributed by atoms with E-state index in [0.717, 1.165) is 30.8 Å². The lowest BCUT2D eigenvalue weighted by atomic mass is 10.2. The maximum absolute atomic E-state index is 12.1. The smallest absolute Gasteiger partial charge is 0.241 e. The second-order valence-corrected chi connectivity index (χ2v) is 4.83. The Morgan fingerprint density at radius 3 is 3.10 bits per heavy atom. The molecule has 3 rings (SSSR count). The lowest BCUT2D eigenvalue weighted by Gasteiger charge is -2.12. The minimum atomic E-state index is -0.0894. The molecular formula is C13H16N6O. The first-order valence-electron chi connectivity index (χ1n) is 6.64. The molecule has 1 aliphatic rings. The van der Waals surface area contributed by atoms with Crippen LogP contribution in [0.2, 0.25) is 0 Å². The van der Waals surface area contributed by atoms with Gasteiger partial charge in [0.1, 0.15) is 0 Å². The molecule has 2 heterocycles. The number of rotatable bonds is 3. The van der Waals surface area contributed by atoms with Crippen LogP contribution in [0, 0.1) is 6.92 Å². The molecule has 1 aliphatic heterocycles. The third-order valence-electron chi connectivity index (χ3n) is 3.36. The minimum absolute atomic E-state index is 0.00749. The number of aryl methyl sites for hydroxylation is 1. The molecule has 1 fully saturated rings. The van der Waals surface area contributed by atoms with Crippen molar-refractivity contribution in [3.05, 3.63) is 30.1 Å². The molecule has 1 amide bonds. The van der Waals surface area contributed by atoms with Crippen LogP contribution in [-0.4, -0.2) is 38.7 Å². The fraction of sp³-hybridized carbons (Fsp3) is 0.385. The first kappa shape index (κ1) is 12.7. The maximum atomic E-state index is 12.1. The van der Waals surface area contributed by atoms with Crippen molar-refractivity contribution in [3.63, 3.8) is 0 Å². The first-order chi connectivity index (χ1) is 9.74. The van der Waals surface area contributed by atoms with Crippen molar-refractivity contribution in [1.29, 1.82) is 0 Å². The normalized spacial score (nSPS) is 18.1. The highest BCUT2D eigenvalue weighted by molar-refractivity contribution is 5.95. The van der Waals surface area contributed by atoms with Crippen LogP contribution in [0.5, 0.6) is 0 Å². The molecular weight excluding hydrogens is 256 g/mol. The average Bonchev–Trinajstić information content (AvgIpc) is 3.10. The average molecular weight is 272 g/mol. The first-order valence-corrected chi connectivity index (χ1v) is 6.64.